The molecule has 1 aromatic carbocycles. The number of nitrogens with zero attached hydrogens (tertiary/aromatic N) is 2. The Morgan fingerprint density at radius 3 is 2.26 bits per heavy atom. The molecule has 6 nitrogen and oxygen atoms in total. The van der Waals surface area contributed by atoms with Gasteiger partial charge in [-0.1, -0.05) is 38.1 Å². The van der Waals surface area contributed by atoms with Gasteiger partial charge in [0, 0.05) is 32.7 Å². The van der Waals surface area contributed by atoms with Crippen LogP contribution in [0.3, 0.4) is 0 Å². The number of aliphatic imine (C=N–C) groups is 1. The van der Waals surface area contributed by atoms with Crippen LogP contribution < -0.4 is 10.6 Å². The molecule has 2 rings (SSSR count). The molecule has 1 aliphatic heterocycles. The standard InChI is InChI=1S/C20H31F3N4O2S.HI/c1-15(2)17-8-6-16(7-9-17)5-4-12-25-19(24-3)26-18-10-13-27(14-11-18)30(28,29)20(21,22)23;/h6-9,15,18H,4-5,10-14H2,1-3H3,(H2,24,25,26);1H. The molecule has 11 heteroatoms. The highest BCUT2D eigenvalue weighted by molar-refractivity contribution is 14.0. The Kier molecular flexibility index (Phi) is 11.0. The first-order valence-electron chi connectivity index (χ1n) is 10.2. The lowest BCUT2D eigenvalue weighted by Crippen LogP contribution is -2.51. The van der Waals surface area contributed by atoms with Gasteiger partial charge in [0.2, 0.25) is 0 Å². The van der Waals surface area contributed by atoms with Gasteiger partial charge in [-0.3, -0.25) is 4.99 Å². The molecule has 0 unspecified atom stereocenters. The zero-order chi connectivity index (χ0) is 22.4. The maximum Gasteiger partial charge on any atom is 0.511 e. The van der Waals surface area contributed by atoms with Crippen LogP contribution in [0.1, 0.15) is 50.2 Å². The Morgan fingerprint density at radius 2 is 1.77 bits per heavy atom. The van der Waals surface area contributed by atoms with Crippen LogP contribution in [-0.2, 0) is 16.4 Å². The van der Waals surface area contributed by atoms with Crippen LogP contribution in [0.2, 0.25) is 0 Å². The van der Waals surface area contributed by atoms with Crippen LogP contribution in [0.15, 0.2) is 29.3 Å². The van der Waals surface area contributed by atoms with Gasteiger partial charge in [0.05, 0.1) is 0 Å². The largest absolute Gasteiger partial charge is 0.511 e. The third-order valence-electron chi connectivity index (χ3n) is 5.23. The molecular formula is C20H32F3IN4O2S. The van der Waals surface area contributed by atoms with Crippen LogP contribution in [0.5, 0.6) is 0 Å². The van der Waals surface area contributed by atoms with E-state index >= 15 is 0 Å². The minimum atomic E-state index is -5.25. The number of halogens is 4. The van der Waals surface area contributed by atoms with Crippen LogP contribution in [0.25, 0.3) is 0 Å². The molecule has 1 heterocycles. The minimum absolute atomic E-state index is 0. The van der Waals surface area contributed by atoms with Gasteiger partial charge in [-0.2, -0.15) is 17.5 Å². The lowest BCUT2D eigenvalue weighted by atomic mass is 10.0. The van der Waals surface area contributed by atoms with E-state index in [-0.39, 0.29) is 55.9 Å². The predicted molar refractivity (Wildman–Crippen MR) is 128 cm³/mol. The number of alkyl halides is 3. The third-order valence-corrected chi connectivity index (χ3v) is 6.86. The van der Waals surface area contributed by atoms with E-state index in [1.54, 1.807) is 7.05 Å². The van der Waals surface area contributed by atoms with E-state index in [0.717, 1.165) is 12.8 Å². The molecular weight excluding hydrogens is 544 g/mol. The van der Waals surface area contributed by atoms with Crippen molar-refractivity contribution in [1.29, 1.82) is 0 Å². The maximum absolute atomic E-state index is 12.7. The fourth-order valence-corrected chi connectivity index (χ4v) is 4.33. The molecule has 1 aliphatic rings. The van der Waals surface area contributed by atoms with Crippen LogP contribution >= 0.6 is 24.0 Å². The number of nitrogens with one attached hydrogen (secondary N) is 2. The Morgan fingerprint density at radius 1 is 1.19 bits per heavy atom. The lowest BCUT2D eigenvalue weighted by Gasteiger charge is -2.32. The summed E-state index contributed by atoms with van der Waals surface area (Å²) < 4.78 is 61.4. The summed E-state index contributed by atoms with van der Waals surface area (Å²) in [6.07, 6.45) is 2.41. The second kappa shape index (κ2) is 12.2. The Bertz CT molecular complexity index is 807. The number of sulfonamides is 1. The quantitative estimate of drug-likeness (QED) is 0.224. The fraction of sp³-hybridized carbons (Fsp3) is 0.650. The molecule has 1 saturated heterocycles. The molecule has 178 valence electrons. The number of hydrogen-bond donors (Lipinski definition) is 2. The molecule has 0 aromatic heterocycles. The van der Waals surface area contributed by atoms with Gasteiger partial charge in [0.1, 0.15) is 0 Å². The number of rotatable bonds is 7. The van der Waals surface area contributed by atoms with Gasteiger partial charge >= 0.3 is 15.5 Å². The number of guanidine groups is 1. The summed E-state index contributed by atoms with van der Waals surface area (Å²) in [6, 6.07) is 8.47. The van der Waals surface area contributed by atoms with E-state index in [2.05, 4.69) is 53.7 Å². The van der Waals surface area contributed by atoms with Crippen molar-refractivity contribution < 1.29 is 21.6 Å². The average molecular weight is 576 g/mol. The summed E-state index contributed by atoms with van der Waals surface area (Å²) in [5.74, 6) is 1.08. The first-order valence-corrected chi connectivity index (χ1v) is 11.6. The van der Waals surface area contributed by atoms with Crippen molar-refractivity contribution in [3.05, 3.63) is 35.4 Å². The van der Waals surface area contributed by atoms with Gasteiger partial charge in [-0.05, 0) is 42.7 Å². The molecule has 0 aliphatic carbocycles. The molecule has 31 heavy (non-hydrogen) atoms. The summed E-state index contributed by atoms with van der Waals surface area (Å²) in [5, 5.41) is 6.38. The van der Waals surface area contributed by atoms with Crippen LogP contribution in [-0.4, -0.2) is 56.9 Å². The van der Waals surface area contributed by atoms with Crippen molar-refractivity contribution >= 4 is 40.0 Å². The summed E-state index contributed by atoms with van der Waals surface area (Å²) in [5.41, 5.74) is -2.67. The third kappa shape index (κ3) is 8.08. The molecule has 0 spiro atoms. The van der Waals surface area contributed by atoms with Crippen molar-refractivity contribution in [1.82, 2.24) is 14.9 Å². The highest BCUT2D eigenvalue weighted by Gasteiger charge is 2.50. The monoisotopic (exact) mass is 576 g/mol. The van der Waals surface area contributed by atoms with E-state index in [9.17, 15) is 21.6 Å². The van der Waals surface area contributed by atoms with Crippen molar-refractivity contribution in [2.75, 3.05) is 26.7 Å². The number of piperidine rings is 1. The van der Waals surface area contributed by atoms with E-state index in [0.29, 0.717) is 22.7 Å². The summed E-state index contributed by atoms with van der Waals surface area (Å²) in [4.78, 5) is 4.15. The zero-order valence-corrected chi connectivity index (χ0v) is 21.2. The zero-order valence-electron chi connectivity index (χ0n) is 18.1. The molecule has 1 fully saturated rings. The highest BCUT2D eigenvalue weighted by atomic mass is 127. The minimum Gasteiger partial charge on any atom is -0.356 e. The lowest BCUT2D eigenvalue weighted by molar-refractivity contribution is -0.0494. The fourth-order valence-electron chi connectivity index (χ4n) is 3.34. The average Bonchev–Trinajstić information content (AvgIpc) is 2.70. The van der Waals surface area contributed by atoms with E-state index in [1.165, 1.54) is 11.1 Å². The first kappa shape index (κ1) is 28.0. The summed E-state index contributed by atoms with van der Waals surface area (Å²) in [7, 11) is -3.62. The van der Waals surface area contributed by atoms with E-state index < -0.39 is 15.5 Å². The van der Waals surface area contributed by atoms with Gasteiger partial charge in [0.15, 0.2) is 5.96 Å². The summed E-state index contributed by atoms with van der Waals surface area (Å²) in [6.45, 7) is 4.70. The van der Waals surface area contributed by atoms with Crippen molar-refractivity contribution in [2.45, 2.75) is 57.0 Å². The van der Waals surface area contributed by atoms with Gasteiger partial charge < -0.3 is 10.6 Å². The smallest absolute Gasteiger partial charge is 0.356 e. The Hall–Kier alpha value is -1.08. The Labute approximate surface area is 200 Å². The molecule has 0 amide bonds. The second-order valence-corrected chi connectivity index (χ2v) is 9.70. The van der Waals surface area contributed by atoms with E-state index in [1.807, 2.05) is 0 Å². The molecule has 0 bridgehead atoms. The molecule has 0 radical (unpaired) electrons. The van der Waals surface area contributed by atoms with E-state index in [4.69, 9.17) is 0 Å². The molecule has 2 N–H and O–H groups in total. The summed E-state index contributed by atoms with van der Waals surface area (Å²) >= 11 is 0. The number of aryl methyl sites for hydroxylation is 1. The van der Waals surface area contributed by atoms with Gasteiger partial charge in [-0.25, -0.2) is 8.42 Å². The van der Waals surface area contributed by atoms with Gasteiger partial charge in [-0.15, -0.1) is 24.0 Å². The predicted octanol–water partition coefficient (Wildman–Crippen LogP) is 3.84. The SMILES string of the molecule is CN=C(NCCCc1ccc(C(C)C)cc1)NC1CCN(S(=O)(=O)C(F)(F)F)CC1.I. The maximum atomic E-state index is 12.7. The normalized spacial score (nSPS) is 16.8. The molecule has 1 aromatic rings. The van der Waals surface area contributed by atoms with Gasteiger partial charge in [0.25, 0.3) is 0 Å². The molecule has 0 saturated carbocycles. The number of benzene rings is 1. The number of hydrogen-bond acceptors (Lipinski definition) is 3. The highest BCUT2D eigenvalue weighted by Crippen LogP contribution is 2.28. The second-order valence-electron chi connectivity index (χ2n) is 7.77. The van der Waals surface area contributed by atoms with Crippen molar-refractivity contribution in [2.24, 2.45) is 4.99 Å². The van der Waals surface area contributed by atoms with Crippen LogP contribution in [0.4, 0.5) is 13.2 Å². The van der Waals surface area contributed by atoms with Crippen molar-refractivity contribution in [3.8, 4) is 0 Å². The molecule has 0 atom stereocenters. The van der Waals surface area contributed by atoms with Crippen molar-refractivity contribution in [3.63, 3.8) is 0 Å². The topological polar surface area (TPSA) is 73.8 Å². The Balaban J connectivity index is 0.00000480. The first-order chi connectivity index (χ1) is 14.0. The van der Waals surface area contributed by atoms with Crippen LogP contribution in [0, 0.1) is 0 Å².